The van der Waals surface area contributed by atoms with E-state index in [4.69, 9.17) is 0 Å². The molecule has 1 aromatic rings. The van der Waals surface area contributed by atoms with E-state index in [0.717, 1.165) is 25.1 Å². The van der Waals surface area contributed by atoms with Crippen LogP contribution in [0.3, 0.4) is 0 Å². The van der Waals surface area contributed by atoms with Crippen molar-refractivity contribution in [1.29, 1.82) is 0 Å². The van der Waals surface area contributed by atoms with Crippen molar-refractivity contribution < 1.29 is 5.11 Å². The van der Waals surface area contributed by atoms with E-state index >= 15 is 0 Å². The van der Waals surface area contributed by atoms with Crippen molar-refractivity contribution >= 4 is 0 Å². The number of rotatable bonds is 1. The average Bonchev–Trinajstić information content (AvgIpc) is 2.52. The highest BCUT2D eigenvalue weighted by atomic mass is 16.3. The van der Waals surface area contributed by atoms with E-state index in [0.29, 0.717) is 0 Å². The van der Waals surface area contributed by atoms with Crippen LogP contribution in [-0.4, -0.2) is 20.8 Å². The molecule has 13 heavy (non-hydrogen) atoms. The second-order valence-electron chi connectivity index (χ2n) is 3.80. The molecule has 0 amide bonds. The van der Waals surface area contributed by atoms with E-state index < -0.39 is 0 Å². The lowest BCUT2D eigenvalue weighted by Crippen LogP contribution is -2.27. The van der Waals surface area contributed by atoms with E-state index in [-0.39, 0.29) is 12.1 Å². The number of imidazole rings is 1. The molecule has 0 spiro atoms. The first-order chi connectivity index (χ1) is 6.29. The van der Waals surface area contributed by atoms with E-state index in [1.807, 2.05) is 13.1 Å². The van der Waals surface area contributed by atoms with Gasteiger partial charge in [-0.2, -0.15) is 0 Å². The zero-order chi connectivity index (χ0) is 9.26. The van der Waals surface area contributed by atoms with Gasteiger partial charge in [-0.05, 0) is 19.8 Å². The van der Waals surface area contributed by atoms with Crippen LogP contribution in [0.5, 0.6) is 0 Å². The fraction of sp³-hybridized carbons (Fsp3) is 0.700. The van der Waals surface area contributed by atoms with Crippen LogP contribution in [-0.2, 0) is 0 Å². The quantitative estimate of drug-likeness (QED) is 0.713. The van der Waals surface area contributed by atoms with Crippen LogP contribution in [0.4, 0.5) is 0 Å². The Balaban J connectivity index is 2.19. The van der Waals surface area contributed by atoms with Crippen LogP contribution in [0.1, 0.15) is 37.5 Å². The zero-order valence-corrected chi connectivity index (χ0v) is 7.98. The van der Waals surface area contributed by atoms with Crippen molar-refractivity contribution in [3.05, 3.63) is 18.2 Å². The number of hydrogen-bond donors (Lipinski definition) is 1. The molecular weight excluding hydrogens is 164 g/mol. The Morgan fingerprint density at radius 2 is 2.23 bits per heavy atom. The topological polar surface area (TPSA) is 38.0 Å². The third kappa shape index (κ3) is 1.61. The maximum atomic E-state index is 9.82. The lowest BCUT2D eigenvalue weighted by Gasteiger charge is -2.29. The van der Waals surface area contributed by atoms with Crippen LogP contribution in [0.15, 0.2) is 12.4 Å². The normalized spacial score (nSPS) is 29.1. The molecule has 2 unspecified atom stereocenters. The predicted octanol–water partition coefficient (Wildman–Crippen LogP) is 1.67. The van der Waals surface area contributed by atoms with Gasteiger partial charge in [-0.15, -0.1) is 0 Å². The lowest BCUT2D eigenvalue weighted by molar-refractivity contribution is 0.0744. The van der Waals surface area contributed by atoms with Gasteiger partial charge in [0.05, 0.1) is 12.1 Å². The van der Waals surface area contributed by atoms with Crippen LogP contribution in [0.2, 0.25) is 0 Å². The molecule has 1 N–H and O–H groups in total. The van der Waals surface area contributed by atoms with E-state index in [1.165, 1.54) is 6.42 Å². The lowest BCUT2D eigenvalue weighted by atomic mass is 9.92. The molecule has 0 saturated heterocycles. The Labute approximate surface area is 78.4 Å². The van der Waals surface area contributed by atoms with Gasteiger partial charge in [0.1, 0.15) is 5.82 Å². The molecule has 0 aliphatic heterocycles. The summed E-state index contributed by atoms with van der Waals surface area (Å²) in [4.78, 5) is 4.18. The Morgan fingerprint density at radius 1 is 1.46 bits per heavy atom. The zero-order valence-electron chi connectivity index (χ0n) is 7.98. The molecule has 1 heterocycles. The molecular formula is C10H16N2O. The van der Waals surface area contributed by atoms with Crippen molar-refractivity contribution in [2.24, 2.45) is 0 Å². The van der Waals surface area contributed by atoms with E-state index in [1.54, 1.807) is 6.20 Å². The van der Waals surface area contributed by atoms with Crippen LogP contribution in [0.25, 0.3) is 0 Å². The summed E-state index contributed by atoms with van der Waals surface area (Å²) >= 11 is 0. The molecule has 2 rings (SSSR count). The maximum absolute atomic E-state index is 9.82. The summed E-state index contributed by atoms with van der Waals surface area (Å²) in [5.74, 6) is 1.01. The first-order valence-corrected chi connectivity index (χ1v) is 4.96. The number of aliphatic hydroxyl groups excluding tert-OH is 1. The SMILES string of the molecule is Cc1nccn1C1CCCCC1O. The molecule has 3 nitrogen and oxygen atoms in total. The van der Waals surface area contributed by atoms with Gasteiger partial charge in [-0.1, -0.05) is 12.8 Å². The van der Waals surface area contributed by atoms with Gasteiger partial charge in [0, 0.05) is 12.4 Å². The largest absolute Gasteiger partial charge is 0.391 e. The highest BCUT2D eigenvalue weighted by Gasteiger charge is 2.24. The summed E-state index contributed by atoms with van der Waals surface area (Å²) < 4.78 is 2.10. The standard InChI is InChI=1S/C10H16N2O/c1-8-11-6-7-12(8)9-4-2-3-5-10(9)13/h6-7,9-10,13H,2-5H2,1H3. The number of aliphatic hydroxyl groups is 1. The molecule has 1 aliphatic rings. The van der Waals surface area contributed by atoms with Gasteiger partial charge in [0.25, 0.3) is 0 Å². The monoisotopic (exact) mass is 180 g/mol. The summed E-state index contributed by atoms with van der Waals surface area (Å²) in [5.41, 5.74) is 0. The Kier molecular flexibility index (Phi) is 2.36. The summed E-state index contributed by atoms with van der Waals surface area (Å²) in [6.45, 7) is 1.99. The van der Waals surface area contributed by atoms with Crippen molar-refractivity contribution in [1.82, 2.24) is 9.55 Å². The number of aromatic nitrogens is 2. The second-order valence-corrected chi connectivity index (χ2v) is 3.80. The van der Waals surface area contributed by atoms with Gasteiger partial charge >= 0.3 is 0 Å². The minimum atomic E-state index is -0.179. The van der Waals surface area contributed by atoms with Crippen molar-refractivity contribution in [3.63, 3.8) is 0 Å². The minimum absolute atomic E-state index is 0.179. The summed E-state index contributed by atoms with van der Waals surface area (Å²) in [7, 11) is 0. The molecule has 2 atom stereocenters. The number of nitrogens with zero attached hydrogens (tertiary/aromatic N) is 2. The van der Waals surface area contributed by atoms with Crippen molar-refractivity contribution in [2.45, 2.75) is 44.8 Å². The minimum Gasteiger partial charge on any atom is -0.391 e. The second kappa shape index (κ2) is 3.50. The summed E-state index contributed by atoms with van der Waals surface area (Å²) in [6.07, 6.45) is 7.98. The molecule has 1 aliphatic carbocycles. The highest BCUT2D eigenvalue weighted by Crippen LogP contribution is 2.29. The van der Waals surface area contributed by atoms with Gasteiger partial charge in [0.15, 0.2) is 0 Å². The highest BCUT2D eigenvalue weighted by molar-refractivity contribution is 4.95. The maximum Gasteiger partial charge on any atom is 0.105 e. The average molecular weight is 180 g/mol. The van der Waals surface area contributed by atoms with Crippen LogP contribution >= 0.6 is 0 Å². The van der Waals surface area contributed by atoms with Gasteiger partial charge in [-0.25, -0.2) is 4.98 Å². The van der Waals surface area contributed by atoms with Gasteiger partial charge in [0.2, 0.25) is 0 Å². The molecule has 3 heteroatoms. The number of aryl methyl sites for hydroxylation is 1. The Hall–Kier alpha value is -0.830. The molecule has 1 fully saturated rings. The third-order valence-electron chi connectivity index (χ3n) is 2.91. The van der Waals surface area contributed by atoms with E-state index in [9.17, 15) is 5.11 Å². The molecule has 0 aromatic carbocycles. The predicted molar refractivity (Wildman–Crippen MR) is 50.5 cm³/mol. The fourth-order valence-corrected chi connectivity index (χ4v) is 2.15. The Morgan fingerprint density at radius 3 is 2.85 bits per heavy atom. The number of hydrogen-bond acceptors (Lipinski definition) is 2. The molecule has 0 bridgehead atoms. The first kappa shape index (κ1) is 8.75. The van der Waals surface area contributed by atoms with Crippen LogP contribution < -0.4 is 0 Å². The molecule has 0 radical (unpaired) electrons. The molecule has 1 aromatic heterocycles. The van der Waals surface area contributed by atoms with Crippen LogP contribution in [0, 0.1) is 6.92 Å². The molecule has 1 saturated carbocycles. The van der Waals surface area contributed by atoms with Crippen molar-refractivity contribution in [3.8, 4) is 0 Å². The first-order valence-electron chi connectivity index (χ1n) is 4.96. The van der Waals surface area contributed by atoms with E-state index in [2.05, 4.69) is 9.55 Å². The fourth-order valence-electron chi connectivity index (χ4n) is 2.15. The van der Waals surface area contributed by atoms with Gasteiger partial charge < -0.3 is 9.67 Å². The molecule has 72 valence electrons. The smallest absolute Gasteiger partial charge is 0.105 e. The summed E-state index contributed by atoms with van der Waals surface area (Å²) in [6, 6.07) is 0.260. The third-order valence-corrected chi connectivity index (χ3v) is 2.91. The Bertz CT molecular complexity index is 282. The van der Waals surface area contributed by atoms with Crippen molar-refractivity contribution in [2.75, 3.05) is 0 Å². The van der Waals surface area contributed by atoms with Gasteiger partial charge in [-0.3, -0.25) is 0 Å². The summed E-state index contributed by atoms with van der Waals surface area (Å²) in [5, 5.41) is 9.82.